The molecule has 0 radical (unpaired) electrons. The van der Waals surface area contributed by atoms with E-state index in [1.165, 1.54) is 5.56 Å². The third-order valence-corrected chi connectivity index (χ3v) is 4.69. The largest absolute Gasteiger partial charge is 0.497 e. The Balaban J connectivity index is 1.75. The van der Waals surface area contributed by atoms with Crippen LogP contribution in [0.1, 0.15) is 24.8 Å². The fraction of sp³-hybridized carbons (Fsp3) is 0.684. The molecule has 0 aromatic heterocycles. The predicted molar refractivity (Wildman–Crippen MR) is 92.7 cm³/mol. The molecule has 2 aliphatic rings. The van der Waals surface area contributed by atoms with Crippen molar-refractivity contribution in [2.75, 3.05) is 53.2 Å². The minimum absolute atomic E-state index is 0.618. The molecule has 0 spiro atoms. The summed E-state index contributed by atoms with van der Waals surface area (Å²) in [6.07, 6.45) is 3.22. The lowest BCUT2D eigenvalue weighted by molar-refractivity contribution is 0.0852. The summed E-state index contributed by atoms with van der Waals surface area (Å²) in [6, 6.07) is 6.11. The molecule has 5 nitrogen and oxygen atoms in total. The predicted octanol–water partition coefficient (Wildman–Crippen LogP) is 2.72. The molecule has 0 bridgehead atoms. The molecule has 1 saturated heterocycles. The molecule has 0 amide bonds. The van der Waals surface area contributed by atoms with Crippen molar-refractivity contribution in [3.05, 3.63) is 23.8 Å². The number of nitrogens with zero attached hydrogens (tertiary/aromatic N) is 1. The van der Waals surface area contributed by atoms with Gasteiger partial charge in [0, 0.05) is 38.4 Å². The van der Waals surface area contributed by atoms with Gasteiger partial charge in [-0.2, -0.15) is 0 Å². The summed E-state index contributed by atoms with van der Waals surface area (Å²) < 4.78 is 22.7. The summed E-state index contributed by atoms with van der Waals surface area (Å²) in [5.74, 6) is 2.47. The molecule has 1 fully saturated rings. The minimum Gasteiger partial charge on any atom is -0.497 e. The first-order valence-electron chi connectivity index (χ1n) is 9.02. The van der Waals surface area contributed by atoms with E-state index in [0.717, 1.165) is 83.4 Å². The molecule has 1 atom stereocenters. The van der Waals surface area contributed by atoms with Crippen LogP contribution in [0.3, 0.4) is 0 Å². The topological polar surface area (TPSA) is 40.2 Å². The first-order chi connectivity index (χ1) is 11.8. The first kappa shape index (κ1) is 17.5. The van der Waals surface area contributed by atoms with Gasteiger partial charge in [-0.05, 0) is 43.4 Å². The van der Waals surface area contributed by atoms with Gasteiger partial charge in [-0.3, -0.25) is 4.90 Å². The van der Waals surface area contributed by atoms with Crippen LogP contribution < -0.4 is 9.47 Å². The van der Waals surface area contributed by atoms with Gasteiger partial charge < -0.3 is 18.9 Å². The Morgan fingerprint density at radius 2 is 2.04 bits per heavy atom. The zero-order valence-electron chi connectivity index (χ0n) is 14.7. The molecule has 3 rings (SSSR count). The fourth-order valence-corrected chi connectivity index (χ4v) is 3.30. The summed E-state index contributed by atoms with van der Waals surface area (Å²) >= 11 is 0. The second kappa shape index (κ2) is 9.25. The lowest BCUT2D eigenvalue weighted by atomic mass is 10.1. The standard InChI is InChI=1S/C19H29NO4/c1-21-18-4-5-19-17(12-18)14-20(13-16-6-10-23-15-16)7-11-22-8-2-3-9-24-19/h4-5,12,16H,2-3,6-11,13-15H2,1H3. The Morgan fingerprint density at radius 1 is 1.12 bits per heavy atom. The Hall–Kier alpha value is -1.30. The molecule has 24 heavy (non-hydrogen) atoms. The van der Waals surface area contributed by atoms with E-state index in [0.29, 0.717) is 5.92 Å². The number of hydrogen-bond acceptors (Lipinski definition) is 5. The highest BCUT2D eigenvalue weighted by Crippen LogP contribution is 2.27. The third kappa shape index (κ3) is 5.10. The van der Waals surface area contributed by atoms with Crippen molar-refractivity contribution in [1.82, 2.24) is 4.90 Å². The Labute approximate surface area is 144 Å². The second-order valence-electron chi connectivity index (χ2n) is 6.61. The van der Waals surface area contributed by atoms with E-state index < -0.39 is 0 Å². The van der Waals surface area contributed by atoms with Gasteiger partial charge in [-0.1, -0.05) is 0 Å². The van der Waals surface area contributed by atoms with Gasteiger partial charge in [0.25, 0.3) is 0 Å². The highest BCUT2D eigenvalue weighted by molar-refractivity contribution is 5.40. The van der Waals surface area contributed by atoms with Crippen molar-refractivity contribution in [3.8, 4) is 11.5 Å². The van der Waals surface area contributed by atoms with E-state index in [-0.39, 0.29) is 0 Å². The Bertz CT molecular complexity index is 502. The summed E-state index contributed by atoms with van der Waals surface area (Å²) in [7, 11) is 1.71. The zero-order valence-corrected chi connectivity index (χ0v) is 14.7. The van der Waals surface area contributed by atoms with Crippen LogP contribution in [0.5, 0.6) is 11.5 Å². The van der Waals surface area contributed by atoms with E-state index in [1.54, 1.807) is 7.11 Å². The highest BCUT2D eigenvalue weighted by Gasteiger charge is 2.20. The number of ether oxygens (including phenoxy) is 4. The SMILES string of the molecule is COc1ccc2c(c1)CN(CC1CCOC1)CCOCCCCO2. The number of hydrogen-bond donors (Lipinski definition) is 0. The Morgan fingerprint density at radius 3 is 2.88 bits per heavy atom. The van der Waals surface area contributed by atoms with E-state index in [9.17, 15) is 0 Å². The molecule has 1 unspecified atom stereocenters. The first-order valence-corrected chi connectivity index (χ1v) is 9.02. The van der Waals surface area contributed by atoms with Gasteiger partial charge >= 0.3 is 0 Å². The maximum Gasteiger partial charge on any atom is 0.124 e. The third-order valence-electron chi connectivity index (χ3n) is 4.69. The molecular formula is C19H29NO4. The number of fused-ring (bicyclic) bond motifs is 1. The van der Waals surface area contributed by atoms with Gasteiger partial charge in [0.05, 0.1) is 26.9 Å². The van der Waals surface area contributed by atoms with Crippen LogP contribution in [0.25, 0.3) is 0 Å². The fourth-order valence-electron chi connectivity index (χ4n) is 3.30. The Kier molecular flexibility index (Phi) is 6.75. The summed E-state index contributed by atoms with van der Waals surface area (Å²) in [6.45, 7) is 6.94. The van der Waals surface area contributed by atoms with Crippen LogP contribution in [-0.2, 0) is 16.0 Å². The molecule has 134 valence electrons. The van der Waals surface area contributed by atoms with Crippen molar-refractivity contribution < 1.29 is 18.9 Å². The van der Waals surface area contributed by atoms with Gasteiger partial charge in [0.15, 0.2) is 0 Å². The monoisotopic (exact) mass is 335 g/mol. The average Bonchev–Trinajstić information content (AvgIpc) is 3.09. The van der Waals surface area contributed by atoms with E-state index in [2.05, 4.69) is 11.0 Å². The van der Waals surface area contributed by atoms with Gasteiger partial charge in [-0.25, -0.2) is 0 Å². The van der Waals surface area contributed by atoms with Crippen molar-refractivity contribution in [2.24, 2.45) is 5.92 Å². The number of benzene rings is 1. The van der Waals surface area contributed by atoms with E-state index in [4.69, 9.17) is 18.9 Å². The number of rotatable bonds is 3. The molecule has 5 heteroatoms. The van der Waals surface area contributed by atoms with Crippen molar-refractivity contribution in [2.45, 2.75) is 25.8 Å². The molecule has 0 aliphatic carbocycles. The van der Waals surface area contributed by atoms with Crippen LogP contribution in [0.4, 0.5) is 0 Å². The lowest BCUT2D eigenvalue weighted by Crippen LogP contribution is -2.33. The average molecular weight is 335 g/mol. The summed E-state index contributed by atoms with van der Waals surface area (Å²) in [5, 5.41) is 0. The molecule has 1 aromatic carbocycles. The quantitative estimate of drug-likeness (QED) is 0.849. The van der Waals surface area contributed by atoms with Crippen LogP contribution in [-0.4, -0.2) is 58.1 Å². The van der Waals surface area contributed by atoms with Crippen molar-refractivity contribution in [3.63, 3.8) is 0 Å². The van der Waals surface area contributed by atoms with Crippen LogP contribution in [0.2, 0.25) is 0 Å². The van der Waals surface area contributed by atoms with Crippen LogP contribution in [0.15, 0.2) is 18.2 Å². The number of methoxy groups -OCH3 is 1. The molecule has 2 aliphatic heterocycles. The lowest BCUT2D eigenvalue weighted by Gasteiger charge is -2.26. The van der Waals surface area contributed by atoms with Crippen molar-refractivity contribution in [1.29, 1.82) is 0 Å². The summed E-state index contributed by atoms with van der Waals surface area (Å²) in [5.41, 5.74) is 1.19. The van der Waals surface area contributed by atoms with Gasteiger partial charge in [0.1, 0.15) is 11.5 Å². The zero-order chi connectivity index (χ0) is 16.6. The van der Waals surface area contributed by atoms with E-state index in [1.807, 2.05) is 12.1 Å². The second-order valence-corrected chi connectivity index (χ2v) is 6.61. The van der Waals surface area contributed by atoms with Crippen molar-refractivity contribution >= 4 is 0 Å². The normalized spacial score (nSPS) is 23.6. The molecule has 0 N–H and O–H groups in total. The van der Waals surface area contributed by atoms with E-state index >= 15 is 0 Å². The maximum absolute atomic E-state index is 6.02. The van der Waals surface area contributed by atoms with Gasteiger partial charge in [0.2, 0.25) is 0 Å². The van der Waals surface area contributed by atoms with Gasteiger partial charge in [-0.15, -0.1) is 0 Å². The smallest absolute Gasteiger partial charge is 0.124 e. The molecule has 2 heterocycles. The minimum atomic E-state index is 0.618. The molecule has 0 saturated carbocycles. The summed E-state index contributed by atoms with van der Waals surface area (Å²) in [4.78, 5) is 2.46. The molecule has 1 aromatic rings. The maximum atomic E-state index is 6.02. The van der Waals surface area contributed by atoms with Crippen LogP contribution in [0, 0.1) is 5.92 Å². The molecular weight excluding hydrogens is 306 g/mol. The van der Waals surface area contributed by atoms with Crippen LogP contribution >= 0.6 is 0 Å². The highest BCUT2D eigenvalue weighted by atomic mass is 16.5.